The van der Waals surface area contributed by atoms with E-state index >= 15 is 0 Å². The lowest BCUT2D eigenvalue weighted by atomic mass is 10.1. The maximum atomic E-state index is 5.72. The second-order valence-corrected chi connectivity index (χ2v) is 7.68. The van der Waals surface area contributed by atoms with Gasteiger partial charge < -0.3 is 9.88 Å². The summed E-state index contributed by atoms with van der Waals surface area (Å²) in [4.78, 5) is 11.7. The van der Waals surface area contributed by atoms with E-state index in [1.54, 1.807) is 0 Å². The minimum absolute atomic E-state index is 0.0699. The Morgan fingerprint density at radius 1 is 1.11 bits per heavy atom. The summed E-state index contributed by atoms with van der Waals surface area (Å²) in [6.07, 6.45) is 1.95. The fourth-order valence-corrected chi connectivity index (χ4v) is 4.08. The summed E-state index contributed by atoms with van der Waals surface area (Å²) in [6, 6.07) is 20.8. The maximum Gasteiger partial charge on any atom is 0.0953 e. The minimum atomic E-state index is 0.0699. The third-order valence-corrected chi connectivity index (χ3v) is 5.59. The summed E-state index contributed by atoms with van der Waals surface area (Å²) in [5.41, 5.74) is 6.66. The van der Waals surface area contributed by atoms with Crippen molar-refractivity contribution in [3.8, 4) is 0 Å². The van der Waals surface area contributed by atoms with E-state index in [9.17, 15) is 0 Å². The molecule has 0 bridgehead atoms. The molecular formula is C21H24N4OS. The van der Waals surface area contributed by atoms with Crippen molar-refractivity contribution in [1.82, 2.24) is 20.3 Å². The van der Waals surface area contributed by atoms with Gasteiger partial charge in [-0.3, -0.25) is 4.84 Å². The number of fused-ring (bicyclic) bond motifs is 1. The smallest absolute Gasteiger partial charge is 0.0953 e. The molecule has 0 saturated carbocycles. The molecule has 0 amide bonds. The molecule has 0 saturated heterocycles. The number of benzene rings is 2. The number of hydrogen-bond acceptors (Lipinski definition) is 5. The maximum absolute atomic E-state index is 5.72. The van der Waals surface area contributed by atoms with Crippen LogP contribution in [0.2, 0.25) is 0 Å². The number of aromatic nitrogens is 2. The lowest BCUT2D eigenvalue weighted by molar-refractivity contribution is 0.000438. The summed E-state index contributed by atoms with van der Waals surface area (Å²) in [5.74, 6) is 1.02. The highest BCUT2D eigenvalue weighted by atomic mass is 32.2. The van der Waals surface area contributed by atoms with E-state index in [4.69, 9.17) is 4.84 Å². The molecule has 140 valence electrons. The Hall–Kier alpha value is -2.12. The summed E-state index contributed by atoms with van der Waals surface area (Å²) in [7, 11) is 0. The van der Waals surface area contributed by atoms with Crippen molar-refractivity contribution >= 4 is 11.8 Å². The predicted octanol–water partition coefficient (Wildman–Crippen LogP) is 3.54. The largest absolute Gasteiger partial charge is 0.332 e. The molecule has 2 heterocycles. The SMILES string of the molecule is c1ccc(CONC2CNCc3c2ncn3CCSc2ccccc2)cc1. The van der Waals surface area contributed by atoms with Gasteiger partial charge in [-0.25, -0.2) is 4.98 Å². The zero-order valence-corrected chi connectivity index (χ0v) is 16.0. The van der Waals surface area contributed by atoms with Crippen molar-refractivity contribution in [3.63, 3.8) is 0 Å². The van der Waals surface area contributed by atoms with Gasteiger partial charge >= 0.3 is 0 Å². The van der Waals surface area contributed by atoms with E-state index < -0.39 is 0 Å². The van der Waals surface area contributed by atoms with Gasteiger partial charge in [-0.1, -0.05) is 48.5 Å². The van der Waals surface area contributed by atoms with Crippen LogP contribution in [0.5, 0.6) is 0 Å². The van der Waals surface area contributed by atoms with Gasteiger partial charge in [0.1, 0.15) is 0 Å². The number of aryl methyl sites for hydroxylation is 1. The van der Waals surface area contributed by atoms with Crippen molar-refractivity contribution in [3.05, 3.63) is 83.9 Å². The summed E-state index contributed by atoms with van der Waals surface area (Å²) in [6.45, 7) is 3.15. The van der Waals surface area contributed by atoms with Gasteiger partial charge in [0.25, 0.3) is 0 Å². The lowest BCUT2D eigenvalue weighted by Gasteiger charge is -2.24. The van der Waals surface area contributed by atoms with Crippen LogP contribution in [-0.2, 0) is 24.5 Å². The molecule has 2 N–H and O–H groups in total. The molecule has 1 unspecified atom stereocenters. The molecule has 27 heavy (non-hydrogen) atoms. The number of rotatable bonds is 8. The highest BCUT2D eigenvalue weighted by molar-refractivity contribution is 7.99. The van der Waals surface area contributed by atoms with Gasteiger partial charge in [0.05, 0.1) is 30.4 Å². The van der Waals surface area contributed by atoms with E-state index in [2.05, 4.69) is 62.8 Å². The quantitative estimate of drug-likeness (QED) is 0.462. The number of hydrogen-bond donors (Lipinski definition) is 2. The average Bonchev–Trinajstić information content (AvgIpc) is 3.14. The fraction of sp³-hybridized carbons (Fsp3) is 0.286. The summed E-state index contributed by atoms with van der Waals surface area (Å²) >= 11 is 1.87. The van der Waals surface area contributed by atoms with Gasteiger partial charge in [0.2, 0.25) is 0 Å². The molecule has 1 atom stereocenters. The molecule has 1 aliphatic heterocycles. The van der Waals surface area contributed by atoms with Gasteiger partial charge in [0.15, 0.2) is 0 Å². The zero-order valence-electron chi connectivity index (χ0n) is 15.2. The van der Waals surface area contributed by atoms with Crippen molar-refractivity contribution in [2.45, 2.75) is 30.6 Å². The Balaban J connectivity index is 1.32. The number of thioether (sulfide) groups is 1. The Labute approximate surface area is 164 Å². The van der Waals surface area contributed by atoms with Crippen LogP contribution in [0.4, 0.5) is 0 Å². The Kier molecular flexibility index (Phi) is 6.21. The Morgan fingerprint density at radius 3 is 2.70 bits per heavy atom. The normalized spacial score (nSPS) is 16.2. The topological polar surface area (TPSA) is 51.1 Å². The molecule has 3 aromatic rings. The van der Waals surface area contributed by atoms with Gasteiger partial charge in [-0.05, 0) is 17.7 Å². The summed E-state index contributed by atoms with van der Waals surface area (Å²) in [5, 5.41) is 3.46. The second-order valence-electron chi connectivity index (χ2n) is 6.51. The van der Waals surface area contributed by atoms with Crippen molar-refractivity contribution in [2.75, 3.05) is 12.3 Å². The third kappa shape index (κ3) is 4.78. The van der Waals surface area contributed by atoms with Crippen LogP contribution in [0, 0.1) is 0 Å². The molecule has 0 radical (unpaired) electrons. The molecule has 6 heteroatoms. The molecule has 5 nitrogen and oxygen atoms in total. The molecule has 4 rings (SSSR count). The first-order valence-corrected chi connectivity index (χ1v) is 10.2. The minimum Gasteiger partial charge on any atom is -0.332 e. The first-order chi connectivity index (χ1) is 13.4. The predicted molar refractivity (Wildman–Crippen MR) is 108 cm³/mol. The number of nitrogens with one attached hydrogen (secondary N) is 2. The highest BCUT2D eigenvalue weighted by Gasteiger charge is 2.24. The molecule has 0 fully saturated rings. The van der Waals surface area contributed by atoms with E-state index in [0.29, 0.717) is 6.61 Å². The standard InChI is InChI=1S/C21H24N4OS/c1-3-7-17(8-4-1)15-26-24-19-13-22-14-20-21(19)23-16-25(20)11-12-27-18-9-5-2-6-10-18/h1-10,16,19,22,24H,11-15H2. The van der Waals surface area contributed by atoms with E-state index in [1.807, 2.05) is 36.3 Å². The molecule has 0 aliphatic carbocycles. The van der Waals surface area contributed by atoms with Crippen LogP contribution in [0.3, 0.4) is 0 Å². The molecule has 2 aromatic carbocycles. The van der Waals surface area contributed by atoms with Crippen LogP contribution in [0.25, 0.3) is 0 Å². The Morgan fingerprint density at radius 2 is 1.89 bits per heavy atom. The van der Waals surface area contributed by atoms with Gasteiger partial charge in [0, 0.05) is 30.3 Å². The zero-order chi connectivity index (χ0) is 18.3. The van der Waals surface area contributed by atoms with Gasteiger partial charge in [-0.15, -0.1) is 11.8 Å². The Bertz CT molecular complexity index is 838. The van der Waals surface area contributed by atoms with Crippen molar-refractivity contribution < 1.29 is 4.84 Å². The van der Waals surface area contributed by atoms with E-state index in [1.165, 1.54) is 10.6 Å². The van der Waals surface area contributed by atoms with Crippen LogP contribution in [0.15, 0.2) is 71.9 Å². The van der Waals surface area contributed by atoms with E-state index in [-0.39, 0.29) is 6.04 Å². The number of imidazole rings is 1. The lowest BCUT2D eigenvalue weighted by Crippen LogP contribution is -2.37. The van der Waals surface area contributed by atoms with Gasteiger partial charge in [-0.2, -0.15) is 5.48 Å². The molecular weight excluding hydrogens is 356 g/mol. The molecule has 0 spiro atoms. The third-order valence-electron chi connectivity index (χ3n) is 4.60. The van der Waals surface area contributed by atoms with Crippen molar-refractivity contribution in [1.29, 1.82) is 0 Å². The van der Waals surface area contributed by atoms with E-state index in [0.717, 1.165) is 36.6 Å². The highest BCUT2D eigenvalue weighted by Crippen LogP contribution is 2.22. The van der Waals surface area contributed by atoms with Crippen LogP contribution in [-0.4, -0.2) is 21.8 Å². The molecule has 1 aromatic heterocycles. The van der Waals surface area contributed by atoms with Crippen LogP contribution in [0.1, 0.15) is 23.0 Å². The number of nitrogens with zero attached hydrogens (tertiary/aromatic N) is 2. The number of hydroxylamine groups is 1. The molecule has 1 aliphatic rings. The van der Waals surface area contributed by atoms with Crippen LogP contribution < -0.4 is 10.8 Å². The second kappa shape index (κ2) is 9.19. The summed E-state index contributed by atoms with van der Waals surface area (Å²) < 4.78 is 2.25. The first kappa shape index (κ1) is 18.3. The van der Waals surface area contributed by atoms with Crippen LogP contribution >= 0.6 is 11.8 Å². The monoisotopic (exact) mass is 380 g/mol. The van der Waals surface area contributed by atoms with Crippen molar-refractivity contribution in [2.24, 2.45) is 0 Å². The fourth-order valence-electron chi connectivity index (χ4n) is 3.21. The average molecular weight is 381 g/mol. The first-order valence-electron chi connectivity index (χ1n) is 9.24.